The topological polar surface area (TPSA) is 34.9 Å². The average molecular weight is 250 g/mol. The molecule has 0 saturated carbocycles. The molecule has 1 aromatic carbocycles. The standard InChI is InChI=1S/C13H12F2N2O/c1-10(18)11-7-16-17(8-11)9-13(14,15)12-5-3-2-4-6-12/h2-8H,9H2,1H3. The fourth-order valence-electron chi connectivity index (χ4n) is 1.61. The second-order valence-corrected chi connectivity index (χ2v) is 4.05. The monoisotopic (exact) mass is 250 g/mol. The maximum absolute atomic E-state index is 13.9. The Kier molecular flexibility index (Phi) is 3.23. The van der Waals surface area contributed by atoms with Gasteiger partial charge in [-0.1, -0.05) is 30.3 Å². The molecule has 0 aliphatic rings. The molecule has 2 rings (SSSR count). The Morgan fingerprint density at radius 2 is 2.00 bits per heavy atom. The molecule has 0 bridgehead atoms. The van der Waals surface area contributed by atoms with Crippen molar-refractivity contribution in [2.24, 2.45) is 0 Å². The zero-order chi connectivity index (χ0) is 13.2. The molecular formula is C13H12F2N2O. The van der Waals surface area contributed by atoms with E-state index in [1.165, 1.54) is 31.5 Å². The molecule has 94 valence electrons. The van der Waals surface area contributed by atoms with Gasteiger partial charge in [0.15, 0.2) is 5.78 Å². The van der Waals surface area contributed by atoms with E-state index in [-0.39, 0.29) is 11.3 Å². The van der Waals surface area contributed by atoms with E-state index in [2.05, 4.69) is 5.10 Å². The van der Waals surface area contributed by atoms with Crippen molar-refractivity contribution in [2.45, 2.75) is 19.4 Å². The highest BCUT2D eigenvalue weighted by atomic mass is 19.3. The van der Waals surface area contributed by atoms with Crippen LogP contribution in [0.4, 0.5) is 8.78 Å². The highest BCUT2D eigenvalue weighted by Gasteiger charge is 2.32. The normalized spacial score (nSPS) is 11.5. The number of halogens is 2. The third-order valence-corrected chi connectivity index (χ3v) is 2.60. The molecule has 18 heavy (non-hydrogen) atoms. The Bertz CT molecular complexity index is 549. The van der Waals surface area contributed by atoms with Crippen LogP contribution in [0.3, 0.4) is 0 Å². The first-order valence-corrected chi connectivity index (χ1v) is 5.46. The van der Waals surface area contributed by atoms with E-state index >= 15 is 0 Å². The third kappa shape index (κ3) is 2.61. The number of rotatable bonds is 4. The second-order valence-electron chi connectivity index (χ2n) is 4.05. The van der Waals surface area contributed by atoms with Gasteiger partial charge in [-0.3, -0.25) is 9.48 Å². The number of hydrogen-bond acceptors (Lipinski definition) is 2. The molecule has 0 atom stereocenters. The van der Waals surface area contributed by atoms with Crippen LogP contribution in [-0.2, 0) is 12.5 Å². The van der Waals surface area contributed by atoms with E-state index < -0.39 is 12.5 Å². The van der Waals surface area contributed by atoms with Crippen molar-refractivity contribution in [2.75, 3.05) is 0 Å². The van der Waals surface area contributed by atoms with Crippen LogP contribution >= 0.6 is 0 Å². The van der Waals surface area contributed by atoms with Gasteiger partial charge in [0.05, 0.1) is 11.8 Å². The van der Waals surface area contributed by atoms with Gasteiger partial charge in [-0.2, -0.15) is 13.9 Å². The summed E-state index contributed by atoms with van der Waals surface area (Å²) in [5.74, 6) is -3.20. The lowest BCUT2D eigenvalue weighted by Crippen LogP contribution is -2.21. The molecule has 1 aromatic heterocycles. The van der Waals surface area contributed by atoms with Crippen LogP contribution in [0.15, 0.2) is 42.7 Å². The lowest BCUT2D eigenvalue weighted by atomic mass is 10.1. The average Bonchev–Trinajstić information content (AvgIpc) is 2.78. The maximum Gasteiger partial charge on any atom is 0.292 e. The zero-order valence-corrected chi connectivity index (χ0v) is 9.81. The molecule has 0 unspecified atom stereocenters. The van der Waals surface area contributed by atoms with Crippen molar-refractivity contribution in [3.63, 3.8) is 0 Å². The fraction of sp³-hybridized carbons (Fsp3) is 0.231. The van der Waals surface area contributed by atoms with Crippen molar-refractivity contribution in [3.05, 3.63) is 53.9 Å². The van der Waals surface area contributed by atoms with Crippen LogP contribution in [0.5, 0.6) is 0 Å². The fourth-order valence-corrected chi connectivity index (χ4v) is 1.61. The first kappa shape index (κ1) is 12.4. The van der Waals surface area contributed by atoms with Crippen molar-refractivity contribution < 1.29 is 13.6 Å². The predicted molar refractivity (Wildman–Crippen MR) is 62.6 cm³/mol. The van der Waals surface area contributed by atoms with Crippen molar-refractivity contribution in [3.8, 4) is 0 Å². The van der Waals surface area contributed by atoms with E-state index in [4.69, 9.17) is 0 Å². The van der Waals surface area contributed by atoms with Crippen LogP contribution in [-0.4, -0.2) is 15.6 Å². The molecule has 0 radical (unpaired) electrons. The molecule has 0 aliphatic heterocycles. The number of carbonyl (C=O) groups is 1. The molecule has 1 heterocycles. The number of ketones is 1. The van der Waals surface area contributed by atoms with Crippen LogP contribution in [0, 0.1) is 0 Å². The molecule has 3 nitrogen and oxygen atoms in total. The smallest absolute Gasteiger partial charge is 0.292 e. The molecule has 0 amide bonds. The molecule has 0 spiro atoms. The van der Waals surface area contributed by atoms with Crippen LogP contribution in [0.2, 0.25) is 0 Å². The van der Waals surface area contributed by atoms with E-state index in [9.17, 15) is 13.6 Å². The van der Waals surface area contributed by atoms with Gasteiger partial charge in [-0.05, 0) is 6.92 Å². The largest absolute Gasteiger partial charge is 0.294 e. The first-order valence-electron chi connectivity index (χ1n) is 5.46. The Morgan fingerprint density at radius 3 is 2.56 bits per heavy atom. The quantitative estimate of drug-likeness (QED) is 0.782. The number of carbonyl (C=O) groups excluding carboxylic acids is 1. The Labute approximate surface area is 103 Å². The number of Topliss-reactive ketones (excluding diaryl/α,β-unsaturated/α-hetero) is 1. The van der Waals surface area contributed by atoms with Gasteiger partial charge >= 0.3 is 0 Å². The minimum absolute atomic E-state index is 0.0649. The molecule has 2 aromatic rings. The lowest BCUT2D eigenvalue weighted by Gasteiger charge is -2.16. The van der Waals surface area contributed by atoms with E-state index in [0.29, 0.717) is 5.56 Å². The van der Waals surface area contributed by atoms with Gasteiger partial charge in [0.1, 0.15) is 6.54 Å². The number of hydrogen-bond donors (Lipinski definition) is 0. The van der Waals surface area contributed by atoms with Gasteiger partial charge in [0.2, 0.25) is 0 Å². The number of alkyl halides is 2. The number of nitrogens with zero attached hydrogens (tertiary/aromatic N) is 2. The summed E-state index contributed by atoms with van der Waals surface area (Å²) in [4.78, 5) is 11.1. The summed E-state index contributed by atoms with van der Waals surface area (Å²) in [5, 5.41) is 3.76. The van der Waals surface area contributed by atoms with Crippen molar-refractivity contribution >= 4 is 5.78 Å². The highest BCUT2D eigenvalue weighted by Crippen LogP contribution is 2.29. The Hall–Kier alpha value is -2.04. The SMILES string of the molecule is CC(=O)c1cnn(CC(F)(F)c2ccccc2)c1. The Balaban J connectivity index is 2.19. The molecule has 0 saturated heterocycles. The summed E-state index contributed by atoms with van der Waals surface area (Å²) >= 11 is 0. The van der Waals surface area contributed by atoms with Gasteiger partial charge < -0.3 is 0 Å². The van der Waals surface area contributed by atoms with Gasteiger partial charge in [-0.15, -0.1) is 0 Å². The highest BCUT2D eigenvalue weighted by molar-refractivity contribution is 5.93. The summed E-state index contributed by atoms with van der Waals surface area (Å²) in [7, 11) is 0. The molecule has 0 fully saturated rings. The Morgan fingerprint density at radius 1 is 1.33 bits per heavy atom. The van der Waals surface area contributed by atoms with Gasteiger partial charge in [-0.25, -0.2) is 0 Å². The van der Waals surface area contributed by atoms with Crippen LogP contribution in [0.1, 0.15) is 22.8 Å². The molecule has 0 aliphatic carbocycles. The maximum atomic E-state index is 13.9. The minimum Gasteiger partial charge on any atom is -0.294 e. The van der Waals surface area contributed by atoms with Crippen LogP contribution in [0.25, 0.3) is 0 Å². The van der Waals surface area contributed by atoms with Crippen LogP contribution < -0.4 is 0 Å². The molecular weight excluding hydrogens is 238 g/mol. The summed E-state index contributed by atoms with van der Waals surface area (Å²) in [6, 6.07) is 7.55. The molecule has 0 N–H and O–H groups in total. The number of aromatic nitrogens is 2. The third-order valence-electron chi connectivity index (χ3n) is 2.60. The second kappa shape index (κ2) is 4.68. The van der Waals surface area contributed by atoms with E-state index in [0.717, 1.165) is 4.68 Å². The van der Waals surface area contributed by atoms with E-state index in [1.807, 2.05) is 0 Å². The zero-order valence-electron chi connectivity index (χ0n) is 9.81. The van der Waals surface area contributed by atoms with Gasteiger partial charge in [0, 0.05) is 11.8 Å². The van der Waals surface area contributed by atoms with Crippen molar-refractivity contribution in [1.82, 2.24) is 9.78 Å². The van der Waals surface area contributed by atoms with Gasteiger partial charge in [0.25, 0.3) is 5.92 Å². The summed E-state index contributed by atoms with van der Waals surface area (Å²) in [6.07, 6.45) is 2.63. The lowest BCUT2D eigenvalue weighted by molar-refractivity contribution is -0.0254. The molecule has 5 heteroatoms. The number of benzene rings is 1. The summed E-state index contributed by atoms with van der Waals surface area (Å²) < 4.78 is 28.9. The van der Waals surface area contributed by atoms with E-state index in [1.54, 1.807) is 18.2 Å². The predicted octanol–water partition coefficient (Wildman–Crippen LogP) is 2.88. The summed E-state index contributed by atoms with van der Waals surface area (Å²) in [6.45, 7) is 0.793. The van der Waals surface area contributed by atoms with Crippen molar-refractivity contribution in [1.29, 1.82) is 0 Å². The minimum atomic E-state index is -3.01. The summed E-state index contributed by atoms with van der Waals surface area (Å²) in [5.41, 5.74) is 0.267. The first-order chi connectivity index (χ1) is 8.49.